The van der Waals surface area contributed by atoms with Gasteiger partial charge in [0.15, 0.2) is 5.75 Å². The highest BCUT2D eigenvalue weighted by molar-refractivity contribution is 5.82. The molecular formula is C14H13N3O3. The molecule has 2 aromatic rings. The molecule has 0 saturated heterocycles. The molecule has 6 nitrogen and oxygen atoms in total. The van der Waals surface area contributed by atoms with E-state index in [9.17, 15) is 15.2 Å². The summed E-state index contributed by atoms with van der Waals surface area (Å²) in [5, 5.41) is 24.0. The van der Waals surface area contributed by atoms with Crippen LogP contribution >= 0.6 is 0 Å². The Kier molecular flexibility index (Phi) is 3.95. The lowest BCUT2D eigenvalue weighted by Gasteiger charge is -2.01. The van der Waals surface area contributed by atoms with Crippen molar-refractivity contribution in [2.75, 3.05) is 5.43 Å². The first kappa shape index (κ1) is 13.5. The molecule has 0 aromatic heterocycles. The maximum absolute atomic E-state index is 10.7. The van der Waals surface area contributed by atoms with E-state index in [0.717, 1.165) is 11.3 Å². The van der Waals surface area contributed by atoms with E-state index in [-0.39, 0.29) is 11.4 Å². The van der Waals surface area contributed by atoms with Gasteiger partial charge in [0, 0.05) is 11.6 Å². The van der Waals surface area contributed by atoms with Crippen LogP contribution in [0.3, 0.4) is 0 Å². The number of nitrogens with one attached hydrogen (secondary N) is 1. The van der Waals surface area contributed by atoms with Crippen LogP contribution < -0.4 is 5.43 Å². The van der Waals surface area contributed by atoms with Crippen molar-refractivity contribution in [3.8, 4) is 5.75 Å². The van der Waals surface area contributed by atoms with E-state index in [4.69, 9.17) is 0 Å². The summed E-state index contributed by atoms with van der Waals surface area (Å²) in [6.07, 6.45) is 1.45. The number of aromatic hydroxyl groups is 1. The third-order valence-electron chi connectivity index (χ3n) is 2.62. The van der Waals surface area contributed by atoms with Crippen LogP contribution in [0.5, 0.6) is 5.75 Å². The lowest BCUT2D eigenvalue weighted by Crippen LogP contribution is -1.93. The van der Waals surface area contributed by atoms with Gasteiger partial charge >= 0.3 is 5.69 Å². The Morgan fingerprint density at radius 3 is 2.80 bits per heavy atom. The van der Waals surface area contributed by atoms with Crippen LogP contribution in [0.15, 0.2) is 47.6 Å². The first-order valence-electron chi connectivity index (χ1n) is 5.89. The zero-order chi connectivity index (χ0) is 14.5. The summed E-state index contributed by atoms with van der Waals surface area (Å²) >= 11 is 0. The van der Waals surface area contributed by atoms with Gasteiger partial charge in [-0.15, -0.1) is 0 Å². The summed E-state index contributed by atoms with van der Waals surface area (Å²) in [5.41, 5.74) is 4.94. The topological polar surface area (TPSA) is 87.8 Å². The molecule has 2 N–H and O–H groups in total. The third kappa shape index (κ3) is 3.32. The molecule has 102 valence electrons. The number of phenols is 1. The van der Waals surface area contributed by atoms with E-state index >= 15 is 0 Å². The summed E-state index contributed by atoms with van der Waals surface area (Å²) in [5.74, 6) is -0.362. The van der Waals surface area contributed by atoms with Gasteiger partial charge < -0.3 is 5.11 Å². The third-order valence-corrected chi connectivity index (χ3v) is 2.62. The maximum Gasteiger partial charge on any atom is 0.311 e. The predicted octanol–water partition coefficient (Wildman–Crippen LogP) is 3.05. The molecule has 0 fully saturated rings. The second kappa shape index (κ2) is 5.83. The summed E-state index contributed by atoms with van der Waals surface area (Å²) in [6, 6.07) is 11.7. The van der Waals surface area contributed by atoms with Crippen LogP contribution in [0, 0.1) is 17.0 Å². The number of nitro benzene ring substituents is 1. The summed E-state index contributed by atoms with van der Waals surface area (Å²) < 4.78 is 0. The van der Waals surface area contributed by atoms with E-state index in [2.05, 4.69) is 10.5 Å². The first-order chi connectivity index (χ1) is 9.56. The number of anilines is 1. The molecule has 0 atom stereocenters. The molecule has 0 unspecified atom stereocenters. The van der Waals surface area contributed by atoms with Crippen molar-refractivity contribution in [1.29, 1.82) is 0 Å². The number of rotatable bonds is 4. The Morgan fingerprint density at radius 2 is 2.10 bits per heavy atom. The van der Waals surface area contributed by atoms with Crippen LogP contribution in [-0.4, -0.2) is 16.2 Å². The first-order valence-corrected chi connectivity index (χ1v) is 5.89. The quantitative estimate of drug-likeness (QED) is 0.508. The highest BCUT2D eigenvalue weighted by atomic mass is 16.6. The van der Waals surface area contributed by atoms with Gasteiger partial charge in [0.1, 0.15) is 0 Å². The van der Waals surface area contributed by atoms with E-state index in [1.165, 1.54) is 18.3 Å². The van der Waals surface area contributed by atoms with Gasteiger partial charge in [-0.2, -0.15) is 5.10 Å². The Balaban J connectivity index is 2.12. The SMILES string of the molecule is Cc1cccc(N/N=C/c2ccc(O)c([N+](=O)[O-])c2)c1. The Hall–Kier alpha value is -2.89. The van der Waals surface area contributed by atoms with Crippen molar-refractivity contribution in [3.63, 3.8) is 0 Å². The number of nitrogens with zero attached hydrogens (tertiary/aromatic N) is 2. The molecule has 6 heteroatoms. The number of aryl methyl sites for hydroxylation is 1. The zero-order valence-electron chi connectivity index (χ0n) is 10.8. The van der Waals surface area contributed by atoms with Crippen LogP contribution in [0.4, 0.5) is 11.4 Å². The number of hydrogen-bond donors (Lipinski definition) is 2. The van der Waals surface area contributed by atoms with Gasteiger partial charge in [-0.1, -0.05) is 12.1 Å². The van der Waals surface area contributed by atoms with E-state index in [0.29, 0.717) is 5.56 Å². The van der Waals surface area contributed by atoms with Crippen molar-refractivity contribution in [1.82, 2.24) is 0 Å². The fourth-order valence-corrected chi connectivity index (χ4v) is 1.66. The van der Waals surface area contributed by atoms with Crippen molar-refractivity contribution < 1.29 is 10.0 Å². The molecule has 2 aromatic carbocycles. The normalized spacial score (nSPS) is 10.7. The molecule has 0 heterocycles. The minimum Gasteiger partial charge on any atom is -0.502 e. The molecule has 0 amide bonds. The van der Waals surface area contributed by atoms with Crippen molar-refractivity contribution >= 4 is 17.6 Å². The second-order valence-corrected chi connectivity index (χ2v) is 4.24. The summed E-state index contributed by atoms with van der Waals surface area (Å²) in [7, 11) is 0. The minimum absolute atomic E-state index is 0.343. The van der Waals surface area contributed by atoms with Gasteiger partial charge in [0.05, 0.1) is 16.8 Å². The molecule has 0 bridgehead atoms. The number of benzene rings is 2. The fourth-order valence-electron chi connectivity index (χ4n) is 1.66. The monoisotopic (exact) mass is 271 g/mol. The van der Waals surface area contributed by atoms with Gasteiger partial charge in [-0.05, 0) is 36.8 Å². The minimum atomic E-state index is -0.638. The molecule has 0 spiro atoms. The van der Waals surface area contributed by atoms with Gasteiger partial charge in [0.25, 0.3) is 0 Å². The smallest absolute Gasteiger partial charge is 0.311 e. The maximum atomic E-state index is 10.7. The Labute approximate surface area is 115 Å². The molecule has 20 heavy (non-hydrogen) atoms. The van der Waals surface area contributed by atoms with Crippen molar-refractivity contribution in [2.45, 2.75) is 6.92 Å². The average molecular weight is 271 g/mol. The highest BCUT2D eigenvalue weighted by Crippen LogP contribution is 2.25. The van der Waals surface area contributed by atoms with E-state index < -0.39 is 4.92 Å². The van der Waals surface area contributed by atoms with Crippen LogP contribution in [0.25, 0.3) is 0 Å². The average Bonchev–Trinajstić information content (AvgIpc) is 2.40. The molecule has 0 aliphatic rings. The summed E-state index contributed by atoms with van der Waals surface area (Å²) in [6.45, 7) is 1.97. The molecule has 0 radical (unpaired) electrons. The van der Waals surface area contributed by atoms with Gasteiger partial charge in [-0.3, -0.25) is 15.5 Å². The zero-order valence-corrected chi connectivity index (χ0v) is 10.8. The predicted molar refractivity (Wildman–Crippen MR) is 77.2 cm³/mol. The van der Waals surface area contributed by atoms with Crippen molar-refractivity contribution in [2.24, 2.45) is 5.10 Å². The largest absolute Gasteiger partial charge is 0.502 e. The van der Waals surface area contributed by atoms with Crippen molar-refractivity contribution in [3.05, 3.63) is 63.7 Å². The van der Waals surface area contributed by atoms with Crippen LogP contribution in [0.1, 0.15) is 11.1 Å². The Morgan fingerprint density at radius 1 is 1.30 bits per heavy atom. The number of phenolic OH excluding ortho intramolecular Hbond substituents is 1. The number of hydrazone groups is 1. The lowest BCUT2D eigenvalue weighted by molar-refractivity contribution is -0.385. The molecule has 0 aliphatic carbocycles. The van der Waals surface area contributed by atoms with E-state index in [1.807, 2.05) is 31.2 Å². The standard InChI is InChI=1S/C14H13N3O3/c1-10-3-2-4-12(7-10)16-15-9-11-5-6-14(18)13(8-11)17(19)20/h2-9,16,18H,1H3/b15-9+. The van der Waals surface area contributed by atoms with Crippen LogP contribution in [-0.2, 0) is 0 Å². The molecule has 0 aliphatic heterocycles. The number of nitro groups is 1. The van der Waals surface area contributed by atoms with Gasteiger partial charge in [0.2, 0.25) is 0 Å². The van der Waals surface area contributed by atoms with Crippen LogP contribution in [0.2, 0.25) is 0 Å². The van der Waals surface area contributed by atoms with E-state index in [1.54, 1.807) is 6.07 Å². The fraction of sp³-hybridized carbons (Fsp3) is 0.0714. The second-order valence-electron chi connectivity index (χ2n) is 4.24. The molecule has 2 rings (SSSR count). The molecular weight excluding hydrogens is 258 g/mol. The lowest BCUT2D eigenvalue weighted by atomic mass is 10.2. The molecule has 0 saturated carbocycles. The number of hydrogen-bond acceptors (Lipinski definition) is 5. The van der Waals surface area contributed by atoms with Gasteiger partial charge in [-0.25, -0.2) is 0 Å². The summed E-state index contributed by atoms with van der Waals surface area (Å²) in [4.78, 5) is 10.1. The highest BCUT2D eigenvalue weighted by Gasteiger charge is 2.12. The Bertz CT molecular complexity index is 668.